The van der Waals surface area contributed by atoms with E-state index in [2.05, 4.69) is 10.4 Å². The van der Waals surface area contributed by atoms with Crippen LogP contribution in [-0.4, -0.2) is 83.5 Å². The number of aliphatic hydroxyl groups is 1. The van der Waals surface area contributed by atoms with Gasteiger partial charge >= 0.3 is 13.7 Å². The number of benzene rings is 2. The van der Waals surface area contributed by atoms with Gasteiger partial charge in [0.2, 0.25) is 11.8 Å². The number of ether oxygens (including phenoxy) is 4. The minimum absolute atomic E-state index is 0.0355. The predicted octanol–water partition coefficient (Wildman–Crippen LogP) is 3.91. The molecule has 3 N–H and O–H groups in total. The molecule has 14 nitrogen and oxygen atoms in total. The Hall–Kier alpha value is -3.85. The Balaban J connectivity index is 1.38. The highest BCUT2D eigenvalue weighted by atomic mass is 31.2. The van der Waals surface area contributed by atoms with E-state index in [4.69, 9.17) is 28.0 Å². The molecule has 1 fully saturated rings. The SMILES string of the molecule is COC1(C)NC(=O)C=CN1[C@@H]1O[C@H](COP(=O)(N[C@@H](C)C(=O)OC(C)C)Oc2ccc3c(c2)OC(c2ccccc2)CC3=O)[C@@H](O)[C@@]1(C)F. The van der Waals surface area contributed by atoms with Gasteiger partial charge in [0.05, 0.1) is 24.7 Å². The highest BCUT2D eigenvalue weighted by molar-refractivity contribution is 7.52. The van der Waals surface area contributed by atoms with Crippen LogP contribution in [-0.2, 0) is 32.9 Å². The molecule has 8 atom stereocenters. The van der Waals surface area contributed by atoms with E-state index in [1.165, 1.54) is 50.3 Å². The molecule has 1 saturated heterocycles. The lowest BCUT2D eigenvalue weighted by Gasteiger charge is -2.46. The molecule has 0 bridgehead atoms. The maximum atomic E-state index is 16.1. The lowest BCUT2D eigenvalue weighted by Crippen LogP contribution is -2.66. The number of Topliss-reactive ketones (excluding diaryl/α,β-unsaturated/α-hetero) is 1. The minimum atomic E-state index is -4.55. The molecule has 266 valence electrons. The van der Waals surface area contributed by atoms with Crippen LogP contribution in [0.5, 0.6) is 11.5 Å². The Morgan fingerprint density at radius 3 is 2.57 bits per heavy atom. The topological polar surface area (TPSA) is 171 Å². The van der Waals surface area contributed by atoms with Crippen LogP contribution < -0.4 is 19.7 Å². The number of halogens is 1. The average Bonchev–Trinajstić information content (AvgIpc) is 3.27. The lowest BCUT2D eigenvalue weighted by atomic mass is 9.96. The van der Waals surface area contributed by atoms with Crippen molar-refractivity contribution in [3.05, 3.63) is 71.9 Å². The summed E-state index contributed by atoms with van der Waals surface area (Å²) in [6, 6.07) is 12.2. The van der Waals surface area contributed by atoms with Gasteiger partial charge in [-0.2, -0.15) is 5.09 Å². The molecule has 16 heteroatoms. The van der Waals surface area contributed by atoms with Crippen LogP contribution in [0.2, 0.25) is 0 Å². The first-order chi connectivity index (χ1) is 23.0. The predicted molar refractivity (Wildman–Crippen MR) is 172 cm³/mol. The van der Waals surface area contributed by atoms with Crippen molar-refractivity contribution in [1.29, 1.82) is 0 Å². The Kier molecular flexibility index (Phi) is 10.5. The molecular weight excluding hydrogens is 664 g/mol. The number of amides is 1. The number of hydrogen-bond acceptors (Lipinski definition) is 12. The molecule has 3 heterocycles. The largest absolute Gasteiger partial charge is 0.484 e. The Morgan fingerprint density at radius 1 is 1.18 bits per heavy atom. The van der Waals surface area contributed by atoms with E-state index in [9.17, 15) is 24.1 Å². The summed E-state index contributed by atoms with van der Waals surface area (Å²) in [7, 11) is -3.24. The Bertz CT molecular complexity index is 1640. The summed E-state index contributed by atoms with van der Waals surface area (Å²) in [4.78, 5) is 38.9. The smallest absolute Gasteiger partial charge is 0.459 e. The average molecular weight is 706 g/mol. The number of ketones is 1. The van der Waals surface area contributed by atoms with Crippen molar-refractivity contribution < 1.29 is 56.4 Å². The number of carbonyl (C=O) groups is 3. The van der Waals surface area contributed by atoms with E-state index < -0.39 is 74.4 Å². The lowest BCUT2D eigenvalue weighted by molar-refractivity contribution is -0.213. The minimum Gasteiger partial charge on any atom is -0.484 e. The van der Waals surface area contributed by atoms with Crippen molar-refractivity contribution in [2.75, 3.05) is 13.7 Å². The van der Waals surface area contributed by atoms with Gasteiger partial charge in [-0.25, -0.2) is 8.96 Å². The van der Waals surface area contributed by atoms with E-state index in [0.29, 0.717) is 5.56 Å². The molecule has 3 unspecified atom stereocenters. The van der Waals surface area contributed by atoms with Crippen LogP contribution in [0.15, 0.2) is 60.8 Å². The van der Waals surface area contributed by atoms with Crippen LogP contribution >= 0.6 is 7.75 Å². The van der Waals surface area contributed by atoms with Crippen molar-refractivity contribution in [3.8, 4) is 11.5 Å². The molecule has 0 radical (unpaired) electrons. The van der Waals surface area contributed by atoms with Gasteiger partial charge < -0.3 is 38.8 Å². The van der Waals surface area contributed by atoms with E-state index >= 15 is 4.39 Å². The summed E-state index contributed by atoms with van der Waals surface area (Å²) in [6.45, 7) is 6.60. The highest BCUT2D eigenvalue weighted by Gasteiger charge is 2.59. The third-order valence-electron chi connectivity index (χ3n) is 8.36. The summed E-state index contributed by atoms with van der Waals surface area (Å²) in [5, 5.41) is 16.1. The van der Waals surface area contributed by atoms with E-state index in [1.807, 2.05) is 30.3 Å². The first-order valence-electron chi connectivity index (χ1n) is 15.7. The number of aliphatic hydroxyl groups excluding tert-OH is 1. The third-order valence-corrected chi connectivity index (χ3v) is 10.0. The van der Waals surface area contributed by atoms with E-state index in [-0.39, 0.29) is 23.7 Å². The molecule has 0 aliphatic carbocycles. The first-order valence-corrected chi connectivity index (χ1v) is 17.3. The zero-order valence-electron chi connectivity index (χ0n) is 28.0. The van der Waals surface area contributed by atoms with Crippen molar-refractivity contribution in [1.82, 2.24) is 15.3 Å². The number of hydrogen-bond donors (Lipinski definition) is 3. The van der Waals surface area contributed by atoms with Gasteiger partial charge in [-0.3, -0.25) is 18.9 Å². The molecule has 0 aromatic heterocycles. The molecule has 49 heavy (non-hydrogen) atoms. The van der Waals surface area contributed by atoms with E-state index in [0.717, 1.165) is 18.6 Å². The second kappa shape index (κ2) is 14.2. The normalized spacial score (nSPS) is 29.9. The molecular formula is C33H41FN3O11P. The quantitative estimate of drug-likeness (QED) is 0.215. The van der Waals surface area contributed by atoms with Gasteiger partial charge in [-0.1, -0.05) is 30.3 Å². The van der Waals surface area contributed by atoms with Crippen LogP contribution in [0.1, 0.15) is 63.1 Å². The standard InChI is InChI=1S/C33H41FN3O11P/c1-19(2)45-30(41)20(3)36-49(42,48-22-12-13-23-24(38)17-25(46-26(23)16-22)21-10-8-7-9-11-21)44-18-27-29(40)32(4,34)31(47-27)37-15-14-28(39)35-33(37,5)43-6/h7-16,19-20,25,27,29,31,40H,17-18H2,1-6H3,(H,35,39)(H,36,42)/t20-,25?,27+,29+,31+,32+,33?,49?/m0/s1. The Labute approximate surface area is 283 Å². The van der Waals surface area contributed by atoms with Crippen molar-refractivity contribution in [2.45, 2.75) is 89.2 Å². The number of fused-ring (bicyclic) bond motifs is 1. The molecule has 2 aromatic carbocycles. The fourth-order valence-electron chi connectivity index (χ4n) is 5.67. The number of nitrogens with one attached hydrogen (secondary N) is 2. The Morgan fingerprint density at radius 2 is 1.90 bits per heavy atom. The number of rotatable bonds is 12. The zero-order valence-corrected chi connectivity index (χ0v) is 28.8. The second-order valence-electron chi connectivity index (χ2n) is 12.5. The van der Waals surface area contributed by atoms with Crippen molar-refractivity contribution in [2.24, 2.45) is 0 Å². The second-order valence-corrected chi connectivity index (χ2v) is 14.2. The summed E-state index contributed by atoms with van der Waals surface area (Å²) in [6.07, 6.45) is -3.18. The van der Waals surface area contributed by atoms with Crippen LogP contribution in [0.3, 0.4) is 0 Å². The van der Waals surface area contributed by atoms with Crippen LogP contribution in [0.4, 0.5) is 4.39 Å². The molecule has 5 rings (SSSR count). The monoisotopic (exact) mass is 705 g/mol. The number of methoxy groups -OCH3 is 1. The van der Waals surface area contributed by atoms with Crippen LogP contribution in [0.25, 0.3) is 0 Å². The molecule has 3 aliphatic heterocycles. The summed E-state index contributed by atoms with van der Waals surface area (Å²) in [5.41, 5.74) is -1.34. The van der Waals surface area contributed by atoms with Crippen LogP contribution in [0, 0.1) is 0 Å². The van der Waals surface area contributed by atoms with E-state index in [1.54, 1.807) is 13.8 Å². The fourth-order valence-corrected chi connectivity index (χ4v) is 7.17. The maximum absolute atomic E-state index is 16.1. The van der Waals surface area contributed by atoms with Gasteiger partial charge in [-0.15, -0.1) is 0 Å². The maximum Gasteiger partial charge on any atom is 0.459 e. The fraction of sp³-hybridized carbons (Fsp3) is 0.485. The van der Waals surface area contributed by atoms with Gasteiger partial charge in [-0.05, 0) is 45.4 Å². The molecule has 3 aliphatic rings. The molecule has 0 spiro atoms. The third kappa shape index (κ3) is 7.82. The number of nitrogens with zero attached hydrogens (tertiary/aromatic N) is 1. The van der Waals surface area contributed by atoms with Gasteiger partial charge in [0.25, 0.3) is 0 Å². The first kappa shape index (κ1) is 36.4. The van der Waals surface area contributed by atoms with Crippen molar-refractivity contribution in [3.63, 3.8) is 0 Å². The molecule has 0 saturated carbocycles. The van der Waals surface area contributed by atoms with Gasteiger partial charge in [0, 0.05) is 32.4 Å². The number of alkyl halides is 1. The van der Waals surface area contributed by atoms with Gasteiger partial charge in [0.15, 0.2) is 17.7 Å². The van der Waals surface area contributed by atoms with Crippen molar-refractivity contribution >= 4 is 25.4 Å². The zero-order chi connectivity index (χ0) is 35.7. The summed E-state index contributed by atoms with van der Waals surface area (Å²) in [5.74, 6) is -2.77. The summed E-state index contributed by atoms with van der Waals surface area (Å²) < 4.78 is 64.6. The summed E-state index contributed by atoms with van der Waals surface area (Å²) >= 11 is 0. The highest BCUT2D eigenvalue weighted by Crippen LogP contribution is 2.48. The number of esters is 1. The molecule has 1 amide bonds. The van der Waals surface area contributed by atoms with Gasteiger partial charge in [0.1, 0.15) is 35.9 Å². The molecule has 2 aromatic rings. The number of carbonyl (C=O) groups excluding carboxylic acids is 3.